The molecule has 5 rings (SSSR count). The van der Waals surface area contributed by atoms with Gasteiger partial charge in [-0.3, -0.25) is 14.4 Å². The van der Waals surface area contributed by atoms with Crippen molar-refractivity contribution in [1.29, 1.82) is 0 Å². The highest BCUT2D eigenvalue weighted by molar-refractivity contribution is 8.02. The second-order valence-electron chi connectivity index (χ2n) is 12.3. The number of carbonyl (C=O) groups is 3. The Morgan fingerprint density at radius 2 is 1.73 bits per heavy atom. The number of amides is 2. The van der Waals surface area contributed by atoms with Crippen molar-refractivity contribution < 1.29 is 24.2 Å². The van der Waals surface area contributed by atoms with E-state index in [0.29, 0.717) is 24.9 Å². The number of likely N-dealkylation sites (tertiary alicyclic amines) is 1. The van der Waals surface area contributed by atoms with Gasteiger partial charge in [0.2, 0.25) is 5.91 Å². The van der Waals surface area contributed by atoms with E-state index in [4.69, 9.17) is 4.74 Å². The van der Waals surface area contributed by atoms with Crippen molar-refractivity contribution in [2.24, 2.45) is 11.8 Å². The molecule has 1 N–H and O–H groups in total. The number of esters is 1. The first-order valence-corrected chi connectivity index (χ1v) is 16.7. The fourth-order valence-corrected chi connectivity index (χ4v) is 10.1. The molecular formula is C36H45N3O5S. The molecule has 3 saturated heterocycles. The van der Waals surface area contributed by atoms with Crippen molar-refractivity contribution >= 4 is 40.9 Å². The first-order valence-electron chi connectivity index (χ1n) is 15.9. The van der Waals surface area contributed by atoms with E-state index in [9.17, 15) is 14.7 Å². The van der Waals surface area contributed by atoms with Gasteiger partial charge in [-0.1, -0.05) is 49.1 Å². The zero-order valence-electron chi connectivity index (χ0n) is 26.6. The molecule has 3 aliphatic heterocycles. The third kappa shape index (κ3) is 5.69. The molecule has 2 bridgehead atoms. The standard InChI is InChI=1S/C36H45N3O5S/c1-6-21-38(27-17-15-26(16-18-27)37(8-3)9-4)33(42)31-36-20-19-35(5,45-36)30(34(43)44-22-7-2)29(36)32(41)39(31)28(24-40)23-25-13-11-10-12-14-25/h6-7,10-18,28-31,40H,1-2,8-9,19-24H2,3-5H3/t28-,29+,30+,31?,35-,36?/m1/s1. The smallest absolute Gasteiger partial charge is 0.311 e. The Balaban J connectivity index is 1.59. The van der Waals surface area contributed by atoms with Gasteiger partial charge >= 0.3 is 5.97 Å². The van der Waals surface area contributed by atoms with Crippen LogP contribution in [0.2, 0.25) is 0 Å². The van der Waals surface area contributed by atoms with E-state index >= 15 is 4.79 Å². The molecule has 2 aromatic rings. The molecule has 3 fully saturated rings. The van der Waals surface area contributed by atoms with Crippen molar-refractivity contribution in [3.63, 3.8) is 0 Å². The van der Waals surface area contributed by atoms with Gasteiger partial charge in [0.05, 0.1) is 29.2 Å². The zero-order chi connectivity index (χ0) is 32.4. The number of rotatable bonds is 14. The molecule has 2 amide bonds. The van der Waals surface area contributed by atoms with Gasteiger partial charge in [-0.05, 0) is 69.9 Å². The fraction of sp³-hybridized carbons (Fsp3) is 0.472. The predicted octanol–water partition coefficient (Wildman–Crippen LogP) is 4.87. The number of benzene rings is 2. The summed E-state index contributed by atoms with van der Waals surface area (Å²) in [7, 11) is 0. The first-order chi connectivity index (χ1) is 21.7. The van der Waals surface area contributed by atoms with E-state index in [2.05, 4.69) is 31.9 Å². The molecule has 8 nitrogen and oxygen atoms in total. The average molecular weight is 632 g/mol. The van der Waals surface area contributed by atoms with Crippen molar-refractivity contribution in [3.05, 3.63) is 85.5 Å². The maximum absolute atomic E-state index is 15.0. The Morgan fingerprint density at radius 1 is 1.07 bits per heavy atom. The Morgan fingerprint density at radius 3 is 2.33 bits per heavy atom. The van der Waals surface area contributed by atoms with Crippen LogP contribution in [0.4, 0.5) is 11.4 Å². The highest BCUT2D eigenvalue weighted by Crippen LogP contribution is 2.72. The molecule has 0 saturated carbocycles. The highest BCUT2D eigenvalue weighted by Gasteiger charge is 2.78. The number of aliphatic hydroxyl groups is 1. The van der Waals surface area contributed by atoms with Crippen LogP contribution in [-0.2, 0) is 25.5 Å². The van der Waals surface area contributed by atoms with Crippen LogP contribution in [0.15, 0.2) is 79.9 Å². The summed E-state index contributed by atoms with van der Waals surface area (Å²) in [5.41, 5.74) is 2.72. The van der Waals surface area contributed by atoms with Gasteiger partial charge in [0.15, 0.2) is 0 Å². The van der Waals surface area contributed by atoms with Crippen LogP contribution in [0.3, 0.4) is 0 Å². The van der Waals surface area contributed by atoms with E-state index in [1.807, 2.05) is 61.5 Å². The SMILES string of the molecule is C=CCOC(=O)[C@@H]1[C@H]2C(=O)N([C@@H](CO)Cc3ccccc3)C(C(=O)N(CC=C)c3ccc(N(CC)CC)cc3)C23CC[C@@]1(C)S3. The summed E-state index contributed by atoms with van der Waals surface area (Å²) in [6, 6.07) is 16.0. The van der Waals surface area contributed by atoms with E-state index in [1.54, 1.807) is 27.6 Å². The number of fused-ring (bicyclic) bond motifs is 1. The molecule has 9 heteroatoms. The average Bonchev–Trinajstić information content (AvgIpc) is 3.63. The third-order valence-corrected chi connectivity index (χ3v) is 11.8. The zero-order valence-corrected chi connectivity index (χ0v) is 27.4. The highest BCUT2D eigenvalue weighted by atomic mass is 32.2. The molecule has 45 heavy (non-hydrogen) atoms. The van der Waals surface area contributed by atoms with Crippen molar-refractivity contribution in [2.45, 2.75) is 61.6 Å². The fourth-order valence-electron chi connectivity index (χ4n) is 7.79. The van der Waals surface area contributed by atoms with Crippen LogP contribution < -0.4 is 9.80 Å². The van der Waals surface area contributed by atoms with Crippen molar-refractivity contribution in [2.75, 3.05) is 42.6 Å². The molecule has 0 radical (unpaired) electrons. The van der Waals surface area contributed by atoms with Crippen LogP contribution in [-0.4, -0.2) is 82.2 Å². The minimum absolute atomic E-state index is 0.0555. The number of aliphatic hydroxyl groups excluding tert-OH is 1. The number of anilines is 2. The molecule has 0 aliphatic carbocycles. The third-order valence-electron chi connectivity index (χ3n) is 9.83. The summed E-state index contributed by atoms with van der Waals surface area (Å²) in [6.07, 6.45) is 4.87. The molecule has 240 valence electrons. The van der Waals surface area contributed by atoms with Crippen molar-refractivity contribution in [3.8, 4) is 0 Å². The lowest BCUT2D eigenvalue weighted by molar-refractivity contribution is -0.155. The second kappa shape index (κ2) is 13.4. The summed E-state index contributed by atoms with van der Waals surface area (Å²) >= 11 is 1.59. The van der Waals surface area contributed by atoms with E-state index in [0.717, 1.165) is 24.3 Å². The van der Waals surface area contributed by atoms with Gasteiger partial charge in [0.1, 0.15) is 12.6 Å². The molecule has 3 aliphatic rings. The van der Waals surface area contributed by atoms with Crippen LogP contribution in [0.5, 0.6) is 0 Å². The number of nitrogens with zero attached hydrogens (tertiary/aromatic N) is 3. The van der Waals surface area contributed by atoms with Crippen LogP contribution in [0.25, 0.3) is 0 Å². The Hall–Kier alpha value is -3.56. The summed E-state index contributed by atoms with van der Waals surface area (Å²) in [5.74, 6) is -2.38. The van der Waals surface area contributed by atoms with E-state index in [-0.39, 0.29) is 31.6 Å². The van der Waals surface area contributed by atoms with Gasteiger partial charge < -0.3 is 24.5 Å². The van der Waals surface area contributed by atoms with E-state index in [1.165, 1.54) is 6.08 Å². The van der Waals surface area contributed by atoms with Crippen LogP contribution in [0, 0.1) is 11.8 Å². The Kier molecular flexibility index (Phi) is 9.80. The van der Waals surface area contributed by atoms with Gasteiger partial charge in [0.25, 0.3) is 5.91 Å². The quantitative estimate of drug-likeness (QED) is 0.235. The number of carbonyl (C=O) groups excluding carboxylic acids is 3. The number of ether oxygens (including phenoxy) is 1. The Bertz CT molecular complexity index is 1410. The lowest BCUT2D eigenvalue weighted by Gasteiger charge is -2.39. The van der Waals surface area contributed by atoms with Crippen molar-refractivity contribution in [1.82, 2.24) is 4.90 Å². The first kappa shape index (κ1) is 32.8. The predicted molar refractivity (Wildman–Crippen MR) is 180 cm³/mol. The lowest BCUT2D eigenvalue weighted by atomic mass is 9.66. The summed E-state index contributed by atoms with van der Waals surface area (Å²) in [6.45, 7) is 15.6. The van der Waals surface area contributed by atoms with Gasteiger partial charge in [-0.2, -0.15) is 0 Å². The van der Waals surface area contributed by atoms with Gasteiger partial charge in [-0.25, -0.2) is 0 Å². The monoisotopic (exact) mass is 631 g/mol. The minimum atomic E-state index is -0.887. The normalized spacial score (nSPS) is 27.2. The number of hydrogen-bond acceptors (Lipinski definition) is 7. The lowest BCUT2D eigenvalue weighted by Crippen LogP contribution is -2.58. The molecule has 0 aromatic heterocycles. The molecular weight excluding hydrogens is 586 g/mol. The van der Waals surface area contributed by atoms with Gasteiger partial charge in [-0.15, -0.1) is 18.3 Å². The minimum Gasteiger partial charge on any atom is -0.461 e. The number of thioether (sulfide) groups is 1. The molecule has 6 atom stereocenters. The summed E-state index contributed by atoms with van der Waals surface area (Å²) < 4.78 is 4.17. The summed E-state index contributed by atoms with van der Waals surface area (Å²) in [4.78, 5) is 48.8. The second-order valence-corrected chi connectivity index (χ2v) is 14.2. The maximum Gasteiger partial charge on any atom is 0.311 e. The molecule has 1 spiro atoms. The largest absolute Gasteiger partial charge is 0.461 e. The topological polar surface area (TPSA) is 90.4 Å². The maximum atomic E-state index is 15.0. The summed E-state index contributed by atoms with van der Waals surface area (Å²) in [5, 5.41) is 10.8. The number of hydrogen-bond donors (Lipinski definition) is 1. The van der Waals surface area contributed by atoms with E-state index < -0.39 is 39.4 Å². The molecule has 2 aromatic carbocycles. The van der Waals surface area contributed by atoms with Crippen LogP contribution in [0.1, 0.15) is 39.2 Å². The van der Waals surface area contributed by atoms with Crippen LogP contribution >= 0.6 is 11.8 Å². The Labute approximate surface area is 271 Å². The molecule has 2 unspecified atom stereocenters. The molecule has 3 heterocycles. The van der Waals surface area contributed by atoms with Gasteiger partial charge in [0, 0.05) is 35.8 Å².